The highest BCUT2D eigenvalue weighted by molar-refractivity contribution is 7.91. The fourth-order valence-electron chi connectivity index (χ4n) is 5.88. The number of aryl methyl sites for hydroxylation is 1. The zero-order chi connectivity index (χ0) is 23.3. The number of rotatable bonds is 9. The lowest BCUT2D eigenvalue weighted by Gasteiger charge is -2.37. The SMILES string of the molecule is CCOc1ccc(CCC2CCN(CC(=O)N(C3CCCC3)C3CCS(=O)(=O)C3)CC2)cc1. The van der Waals surface area contributed by atoms with Gasteiger partial charge in [0.15, 0.2) is 9.84 Å². The molecule has 1 aliphatic carbocycles. The smallest absolute Gasteiger partial charge is 0.237 e. The molecule has 7 heteroatoms. The minimum atomic E-state index is -2.99. The first kappa shape index (κ1) is 24.5. The number of benzene rings is 1. The Kier molecular flexibility index (Phi) is 8.34. The van der Waals surface area contributed by atoms with E-state index in [1.165, 1.54) is 12.0 Å². The standard InChI is InChI=1S/C26H40N2O4S/c1-2-32-25-11-9-21(10-12-25)7-8-22-13-16-27(17-14-22)19-26(29)28(23-5-3-4-6-23)24-15-18-33(30,31)20-24/h9-12,22-24H,2-8,13-20H2,1H3. The number of amides is 1. The summed E-state index contributed by atoms with van der Waals surface area (Å²) >= 11 is 0. The highest BCUT2D eigenvalue weighted by Crippen LogP contribution is 2.30. The highest BCUT2D eigenvalue weighted by atomic mass is 32.2. The van der Waals surface area contributed by atoms with Crippen molar-refractivity contribution in [3.05, 3.63) is 29.8 Å². The lowest BCUT2D eigenvalue weighted by atomic mass is 9.90. The maximum atomic E-state index is 13.3. The van der Waals surface area contributed by atoms with Crippen molar-refractivity contribution in [3.8, 4) is 5.75 Å². The molecule has 33 heavy (non-hydrogen) atoms. The number of likely N-dealkylation sites (tertiary alicyclic amines) is 1. The first-order chi connectivity index (χ1) is 15.9. The highest BCUT2D eigenvalue weighted by Gasteiger charge is 2.39. The van der Waals surface area contributed by atoms with Crippen molar-refractivity contribution in [3.63, 3.8) is 0 Å². The van der Waals surface area contributed by atoms with Gasteiger partial charge in [-0.2, -0.15) is 0 Å². The van der Waals surface area contributed by atoms with Gasteiger partial charge in [-0.05, 0) is 88.6 Å². The van der Waals surface area contributed by atoms with Gasteiger partial charge in [-0.15, -0.1) is 0 Å². The van der Waals surface area contributed by atoms with E-state index in [4.69, 9.17) is 4.74 Å². The molecule has 1 unspecified atom stereocenters. The molecule has 0 N–H and O–H groups in total. The van der Waals surface area contributed by atoms with Crippen LogP contribution >= 0.6 is 0 Å². The predicted octanol–water partition coefficient (Wildman–Crippen LogP) is 3.69. The number of carbonyl (C=O) groups is 1. The predicted molar refractivity (Wildman–Crippen MR) is 131 cm³/mol. The first-order valence-electron chi connectivity index (χ1n) is 12.9. The molecule has 6 nitrogen and oxygen atoms in total. The maximum Gasteiger partial charge on any atom is 0.237 e. The molecule has 1 saturated carbocycles. The van der Waals surface area contributed by atoms with Crippen LogP contribution in [0.25, 0.3) is 0 Å². The van der Waals surface area contributed by atoms with Gasteiger partial charge in [0.2, 0.25) is 5.91 Å². The summed E-state index contributed by atoms with van der Waals surface area (Å²) in [7, 11) is -2.99. The van der Waals surface area contributed by atoms with E-state index in [1.807, 2.05) is 11.8 Å². The molecule has 0 spiro atoms. The average Bonchev–Trinajstić information content (AvgIpc) is 3.44. The van der Waals surface area contributed by atoms with Crippen LogP contribution in [0.4, 0.5) is 0 Å². The molecule has 184 valence electrons. The van der Waals surface area contributed by atoms with Gasteiger partial charge in [-0.1, -0.05) is 25.0 Å². The molecule has 1 aromatic carbocycles. The molecule has 3 aliphatic rings. The van der Waals surface area contributed by atoms with E-state index in [2.05, 4.69) is 29.2 Å². The third-order valence-corrected chi connectivity index (χ3v) is 9.50. The molecule has 2 saturated heterocycles. The number of ether oxygens (including phenoxy) is 1. The van der Waals surface area contributed by atoms with Crippen molar-refractivity contribution < 1.29 is 17.9 Å². The molecule has 1 amide bonds. The van der Waals surface area contributed by atoms with E-state index in [-0.39, 0.29) is 29.5 Å². The van der Waals surface area contributed by atoms with Gasteiger partial charge in [0.05, 0.1) is 24.7 Å². The van der Waals surface area contributed by atoms with E-state index >= 15 is 0 Å². The van der Waals surface area contributed by atoms with Crippen LogP contribution in [0.15, 0.2) is 24.3 Å². The molecular formula is C26H40N2O4S. The summed E-state index contributed by atoms with van der Waals surface area (Å²) < 4.78 is 29.7. The Morgan fingerprint density at radius 2 is 1.73 bits per heavy atom. The fourth-order valence-corrected chi connectivity index (χ4v) is 7.59. The third kappa shape index (κ3) is 6.72. The number of hydrogen-bond donors (Lipinski definition) is 0. The van der Waals surface area contributed by atoms with Gasteiger partial charge in [0.1, 0.15) is 5.75 Å². The molecular weight excluding hydrogens is 436 g/mol. The van der Waals surface area contributed by atoms with Crippen molar-refractivity contribution in [1.29, 1.82) is 0 Å². The van der Waals surface area contributed by atoms with E-state index in [0.717, 1.165) is 63.8 Å². The summed E-state index contributed by atoms with van der Waals surface area (Å²) in [5, 5.41) is 0. The van der Waals surface area contributed by atoms with Gasteiger partial charge in [-0.25, -0.2) is 8.42 Å². The van der Waals surface area contributed by atoms with Crippen LogP contribution in [-0.4, -0.2) is 74.0 Å². The number of sulfone groups is 1. The van der Waals surface area contributed by atoms with Gasteiger partial charge in [-0.3, -0.25) is 9.69 Å². The summed E-state index contributed by atoms with van der Waals surface area (Å²) in [5.74, 6) is 2.17. The van der Waals surface area contributed by atoms with Crippen LogP contribution in [0.5, 0.6) is 5.75 Å². The minimum absolute atomic E-state index is 0.114. The molecule has 0 aromatic heterocycles. The minimum Gasteiger partial charge on any atom is -0.494 e. The molecule has 0 bridgehead atoms. The van der Waals surface area contributed by atoms with Gasteiger partial charge in [0, 0.05) is 12.1 Å². The monoisotopic (exact) mass is 476 g/mol. The number of nitrogens with zero attached hydrogens (tertiary/aromatic N) is 2. The quantitative estimate of drug-likeness (QED) is 0.544. The van der Waals surface area contributed by atoms with Crippen LogP contribution in [0, 0.1) is 5.92 Å². The fraction of sp³-hybridized carbons (Fsp3) is 0.731. The van der Waals surface area contributed by atoms with Crippen LogP contribution in [0.2, 0.25) is 0 Å². The molecule has 2 heterocycles. The van der Waals surface area contributed by atoms with Crippen LogP contribution in [0.3, 0.4) is 0 Å². The van der Waals surface area contributed by atoms with Crippen LogP contribution < -0.4 is 4.74 Å². The zero-order valence-electron chi connectivity index (χ0n) is 20.1. The zero-order valence-corrected chi connectivity index (χ0v) is 20.9. The van der Waals surface area contributed by atoms with Crippen molar-refractivity contribution in [2.45, 2.75) is 76.8 Å². The van der Waals surface area contributed by atoms with Gasteiger partial charge in [0.25, 0.3) is 0 Å². The van der Waals surface area contributed by atoms with E-state index < -0.39 is 9.84 Å². The second-order valence-electron chi connectivity index (χ2n) is 10.1. The van der Waals surface area contributed by atoms with Crippen molar-refractivity contribution in [1.82, 2.24) is 9.80 Å². The van der Waals surface area contributed by atoms with Crippen molar-refractivity contribution in [2.75, 3.05) is 37.7 Å². The second kappa shape index (κ2) is 11.2. The molecule has 2 aliphatic heterocycles. The van der Waals surface area contributed by atoms with Crippen LogP contribution in [-0.2, 0) is 21.1 Å². The number of piperidine rings is 1. The molecule has 1 aromatic rings. The lowest BCUT2D eigenvalue weighted by molar-refractivity contribution is -0.137. The first-order valence-corrected chi connectivity index (χ1v) is 14.7. The summed E-state index contributed by atoms with van der Waals surface area (Å²) in [4.78, 5) is 17.6. The average molecular weight is 477 g/mol. The molecule has 4 rings (SSSR count). The van der Waals surface area contributed by atoms with E-state index in [9.17, 15) is 13.2 Å². The van der Waals surface area contributed by atoms with Gasteiger partial charge >= 0.3 is 0 Å². The Bertz CT molecular complexity index is 872. The van der Waals surface area contributed by atoms with Gasteiger partial charge < -0.3 is 9.64 Å². The Morgan fingerprint density at radius 3 is 2.33 bits per heavy atom. The summed E-state index contributed by atoms with van der Waals surface area (Å²) in [6.45, 7) is 5.05. The Balaban J connectivity index is 1.24. The largest absolute Gasteiger partial charge is 0.494 e. The number of hydrogen-bond acceptors (Lipinski definition) is 5. The normalized spacial score (nSPS) is 24.2. The number of carbonyl (C=O) groups excluding carboxylic acids is 1. The summed E-state index contributed by atoms with van der Waals surface area (Å²) in [6, 6.07) is 8.57. The Labute approximate surface area is 199 Å². The Morgan fingerprint density at radius 1 is 1.03 bits per heavy atom. The van der Waals surface area contributed by atoms with Crippen LogP contribution in [0.1, 0.15) is 63.9 Å². The third-order valence-electron chi connectivity index (χ3n) is 7.75. The van der Waals surface area contributed by atoms with E-state index in [1.54, 1.807) is 0 Å². The molecule has 3 fully saturated rings. The Hall–Kier alpha value is -1.60. The van der Waals surface area contributed by atoms with E-state index in [0.29, 0.717) is 25.5 Å². The van der Waals surface area contributed by atoms with Crippen molar-refractivity contribution in [2.24, 2.45) is 5.92 Å². The molecule has 0 radical (unpaired) electrons. The topological polar surface area (TPSA) is 66.9 Å². The second-order valence-corrected chi connectivity index (χ2v) is 12.4. The molecule has 1 atom stereocenters. The van der Waals surface area contributed by atoms with Crippen molar-refractivity contribution >= 4 is 15.7 Å². The summed E-state index contributed by atoms with van der Waals surface area (Å²) in [5.41, 5.74) is 1.36. The summed E-state index contributed by atoms with van der Waals surface area (Å²) in [6.07, 6.45) is 9.48. The lowest BCUT2D eigenvalue weighted by Crippen LogP contribution is -2.51. The maximum absolute atomic E-state index is 13.3.